The van der Waals surface area contributed by atoms with Gasteiger partial charge in [-0.15, -0.1) is 0 Å². The normalized spacial score (nSPS) is 20.7. The molecule has 3 rings (SSSR count). The Hall–Kier alpha value is -1.95. The first-order valence-corrected chi connectivity index (χ1v) is 7.77. The number of amides is 2. The van der Waals surface area contributed by atoms with Gasteiger partial charge in [-0.1, -0.05) is 6.07 Å². The highest BCUT2D eigenvalue weighted by atomic mass is 16.7. The molecule has 2 heterocycles. The lowest BCUT2D eigenvalue weighted by atomic mass is 10.1. The van der Waals surface area contributed by atoms with Crippen molar-refractivity contribution >= 4 is 6.03 Å². The number of carbonyl (C=O) groups excluding carboxylic acids is 1. The van der Waals surface area contributed by atoms with Crippen molar-refractivity contribution in [3.05, 3.63) is 23.8 Å². The van der Waals surface area contributed by atoms with Crippen LogP contribution in [-0.4, -0.2) is 38.1 Å². The number of nitrogens with one attached hydrogen (secondary N) is 2. The molecule has 2 aliphatic heterocycles. The zero-order chi connectivity index (χ0) is 15.4. The third-order valence-electron chi connectivity index (χ3n) is 4.02. The van der Waals surface area contributed by atoms with Crippen LogP contribution in [0.2, 0.25) is 0 Å². The van der Waals surface area contributed by atoms with Gasteiger partial charge in [0.2, 0.25) is 6.79 Å². The van der Waals surface area contributed by atoms with Crippen LogP contribution in [0.4, 0.5) is 4.79 Å². The lowest BCUT2D eigenvalue weighted by Crippen LogP contribution is -2.46. The van der Waals surface area contributed by atoms with E-state index in [4.69, 9.17) is 14.2 Å². The molecule has 2 aliphatic rings. The Balaban J connectivity index is 1.40. The van der Waals surface area contributed by atoms with Crippen molar-refractivity contribution in [2.45, 2.75) is 38.3 Å². The van der Waals surface area contributed by atoms with E-state index in [-0.39, 0.29) is 25.0 Å². The van der Waals surface area contributed by atoms with E-state index in [1.54, 1.807) is 0 Å². The van der Waals surface area contributed by atoms with E-state index in [2.05, 4.69) is 10.6 Å². The standard InChI is InChI=1S/C16H22N2O4/c1-11(13-3-2-8-20-13)18-16(19)17-7-6-12-4-5-14-15(9-12)22-10-21-14/h4-5,9,11,13H,2-3,6-8,10H2,1H3,(H2,17,18,19). The number of fused-ring (bicyclic) bond motifs is 1. The number of urea groups is 1. The van der Waals surface area contributed by atoms with Gasteiger partial charge in [-0.25, -0.2) is 4.79 Å². The van der Waals surface area contributed by atoms with Crippen molar-refractivity contribution in [2.75, 3.05) is 19.9 Å². The molecule has 0 spiro atoms. The maximum Gasteiger partial charge on any atom is 0.315 e. The molecule has 2 unspecified atom stereocenters. The summed E-state index contributed by atoms with van der Waals surface area (Å²) < 4.78 is 16.2. The Kier molecular flexibility index (Phi) is 4.68. The van der Waals surface area contributed by atoms with E-state index in [9.17, 15) is 4.79 Å². The second kappa shape index (κ2) is 6.87. The lowest BCUT2D eigenvalue weighted by Gasteiger charge is -2.20. The van der Waals surface area contributed by atoms with Crippen LogP contribution in [0.25, 0.3) is 0 Å². The van der Waals surface area contributed by atoms with Crippen LogP contribution in [0.5, 0.6) is 11.5 Å². The topological polar surface area (TPSA) is 68.8 Å². The molecule has 2 amide bonds. The van der Waals surface area contributed by atoms with Crippen molar-refractivity contribution in [2.24, 2.45) is 0 Å². The highest BCUT2D eigenvalue weighted by Gasteiger charge is 2.23. The Labute approximate surface area is 130 Å². The molecule has 1 fully saturated rings. The summed E-state index contributed by atoms with van der Waals surface area (Å²) in [4.78, 5) is 11.9. The van der Waals surface area contributed by atoms with E-state index < -0.39 is 0 Å². The Morgan fingerprint density at radius 3 is 3.05 bits per heavy atom. The Morgan fingerprint density at radius 1 is 1.36 bits per heavy atom. The van der Waals surface area contributed by atoms with Gasteiger partial charge in [0.05, 0.1) is 12.1 Å². The zero-order valence-corrected chi connectivity index (χ0v) is 12.8. The number of hydrogen-bond donors (Lipinski definition) is 2. The Bertz CT molecular complexity index is 529. The third-order valence-corrected chi connectivity index (χ3v) is 4.02. The molecule has 0 saturated carbocycles. The van der Waals surface area contributed by atoms with Crippen LogP contribution in [0, 0.1) is 0 Å². The molecule has 0 aromatic heterocycles. The average Bonchev–Trinajstić information content (AvgIpc) is 3.18. The van der Waals surface area contributed by atoms with Gasteiger partial charge >= 0.3 is 6.03 Å². The van der Waals surface area contributed by atoms with Gasteiger partial charge in [0.1, 0.15) is 0 Å². The molecule has 120 valence electrons. The third kappa shape index (κ3) is 3.62. The highest BCUT2D eigenvalue weighted by molar-refractivity contribution is 5.74. The largest absolute Gasteiger partial charge is 0.454 e. The van der Waals surface area contributed by atoms with Crippen molar-refractivity contribution in [1.29, 1.82) is 0 Å². The average molecular weight is 306 g/mol. The van der Waals surface area contributed by atoms with Crippen molar-refractivity contribution in [3.63, 3.8) is 0 Å². The number of hydrogen-bond acceptors (Lipinski definition) is 4. The van der Waals surface area contributed by atoms with Crippen LogP contribution in [0.15, 0.2) is 18.2 Å². The van der Waals surface area contributed by atoms with Gasteiger partial charge < -0.3 is 24.8 Å². The summed E-state index contributed by atoms with van der Waals surface area (Å²) >= 11 is 0. The van der Waals surface area contributed by atoms with E-state index >= 15 is 0 Å². The zero-order valence-electron chi connectivity index (χ0n) is 12.8. The fourth-order valence-corrected chi connectivity index (χ4v) is 2.76. The summed E-state index contributed by atoms with van der Waals surface area (Å²) in [6.45, 7) is 3.63. The SMILES string of the molecule is CC(NC(=O)NCCc1ccc2c(c1)OCO2)C1CCCO1. The van der Waals surface area contributed by atoms with Gasteiger partial charge in [-0.05, 0) is 43.9 Å². The first kappa shape index (κ1) is 15.0. The molecule has 22 heavy (non-hydrogen) atoms. The summed E-state index contributed by atoms with van der Waals surface area (Å²) in [5, 5.41) is 5.81. The summed E-state index contributed by atoms with van der Waals surface area (Å²) in [6.07, 6.45) is 2.97. The summed E-state index contributed by atoms with van der Waals surface area (Å²) in [5.74, 6) is 1.55. The van der Waals surface area contributed by atoms with E-state index in [0.717, 1.165) is 42.9 Å². The summed E-state index contributed by atoms with van der Waals surface area (Å²) in [7, 11) is 0. The predicted octanol–water partition coefficient (Wildman–Crippen LogP) is 1.82. The van der Waals surface area contributed by atoms with E-state index in [0.29, 0.717) is 6.54 Å². The molecular formula is C16H22N2O4. The first-order chi connectivity index (χ1) is 10.7. The lowest BCUT2D eigenvalue weighted by molar-refractivity contribution is 0.0860. The van der Waals surface area contributed by atoms with Crippen LogP contribution in [-0.2, 0) is 11.2 Å². The minimum absolute atomic E-state index is 0.0352. The number of carbonyl (C=O) groups is 1. The quantitative estimate of drug-likeness (QED) is 0.871. The molecule has 1 saturated heterocycles. The smallest absolute Gasteiger partial charge is 0.315 e. The van der Waals surface area contributed by atoms with Gasteiger partial charge in [0.15, 0.2) is 11.5 Å². The van der Waals surface area contributed by atoms with Crippen LogP contribution >= 0.6 is 0 Å². The second-order valence-electron chi connectivity index (χ2n) is 5.68. The van der Waals surface area contributed by atoms with Gasteiger partial charge in [0.25, 0.3) is 0 Å². The molecular weight excluding hydrogens is 284 g/mol. The molecule has 2 atom stereocenters. The first-order valence-electron chi connectivity index (χ1n) is 7.77. The molecule has 6 nitrogen and oxygen atoms in total. The Morgan fingerprint density at radius 2 is 2.23 bits per heavy atom. The minimum Gasteiger partial charge on any atom is -0.454 e. The molecule has 0 bridgehead atoms. The summed E-state index contributed by atoms with van der Waals surface area (Å²) in [6, 6.07) is 5.73. The highest BCUT2D eigenvalue weighted by Crippen LogP contribution is 2.32. The minimum atomic E-state index is -0.149. The molecule has 1 aromatic carbocycles. The van der Waals surface area contributed by atoms with Gasteiger partial charge in [-0.3, -0.25) is 0 Å². The van der Waals surface area contributed by atoms with E-state index in [1.165, 1.54) is 0 Å². The van der Waals surface area contributed by atoms with Gasteiger partial charge in [-0.2, -0.15) is 0 Å². The maximum absolute atomic E-state index is 11.9. The van der Waals surface area contributed by atoms with Gasteiger partial charge in [0, 0.05) is 13.2 Å². The molecule has 6 heteroatoms. The number of ether oxygens (including phenoxy) is 3. The number of benzene rings is 1. The van der Waals surface area contributed by atoms with Crippen molar-refractivity contribution in [3.8, 4) is 11.5 Å². The van der Waals surface area contributed by atoms with Crippen LogP contribution in [0.1, 0.15) is 25.3 Å². The second-order valence-corrected chi connectivity index (χ2v) is 5.68. The molecule has 2 N–H and O–H groups in total. The predicted molar refractivity (Wildman–Crippen MR) is 81.2 cm³/mol. The monoisotopic (exact) mass is 306 g/mol. The maximum atomic E-state index is 11.9. The van der Waals surface area contributed by atoms with Crippen molar-refractivity contribution < 1.29 is 19.0 Å². The van der Waals surface area contributed by atoms with Crippen LogP contribution in [0.3, 0.4) is 0 Å². The van der Waals surface area contributed by atoms with Crippen LogP contribution < -0.4 is 20.1 Å². The van der Waals surface area contributed by atoms with E-state index in [1.807, 2.05) is 25.1 Å². The number of rotatable bonds is 5. The van der Waals surface area contributed by atoms with Crippen molar-refractivity contribution in [1.82, 2.24) is 10.6 Å². The fraction of sp³-hybridized carbons (Fsp3) is 0.562. The molecule has 0 radical (unpaired) electrons. The molecule has 1 aromatic rings. The fourth-order valence-electron chi connectivity index (χ4n) is 2.76. The summed E-state index contributed by atoms with van der Waals surface area (Å²) in [5.41, 5.74) is 1.11. The molecule has 0 aliphatic carbocycles.